The number of nitrogens with zero attached hydrogens (tertiary/aromatic N) is 5. The third kappa shape index (κ3) is 6.52. The zero-order valence-corrected chi connectivity index (χ0v) is 18.9. The summed E-state index contributed by atoms with van der Waals surface area (Å²) in [6.07, 6.45) is 1.92. The molecule has 31 heavy (non-hydrogen) atoms. The molecule has 1 atom stereocenters. The third-order valence-electron chi connectivity index (χ3n) is 5.79. The number of rotatable bonds is 7. The molecule has 0 bridgehead atoms. The first-order valence-corrected chi connectivity index (χ1v) is 10.9. The Hall–Kier alpha value is -2.94. The van der Waals surface area contributed by atoms with Crippen molar-refractivity contribution >= 4 is 11.9 Å². The van der Waals surface area contributed by atoms with Crippen LogP contribution in [0, 0.1) is 6.92 Å². The van der Waals surface area contributed by atoms with Gasteiger partial charge in [0, 0.05) is 33.2 Å². The lowest BCUT2D eigenvalue weighted by molar-refractivity contribution is -0.122. The van der Waals surface area contributed by atoms with Crippen LogP contribution in [0.1, 0.15) is 43.0 Å². The van der Waals surface area contributed by atoms with E-state index in [-0.39, 0.29) is 11.9 Å². The summed E-state index contributed by atoms with van der Waals surface area (Å²) in [6, 6.07) is 10.7. The van der Waals surface area contributed by atoms with Gasteiger partial charge in [0.1, 0.15) is 12.4 Å². The summed E-state index contributed by atoms with van der Waals surface area (Å²) in [5, 5.41) is 18.2. The van der Waals surface area contributed by atoms with Crippen LogP contribution in [0.2, 0.25) is 0 Å². The highest BCUT2D eigenvalue weighted by molar-refractivity contribution is 5.80. The van der Waals surface area contributed by atoms with Gasteiger partial charge >= 0.3 is 0 Å². The quantitative estimate of drug-likeness (QED) is 0.453. The van der Waals surface area contributed by atoms with Crippen molar-refractivity contribution in [3.8, 4) is 0 Å². The topological polar surface area (TPSA) is 99.5 Å². The van der Waals surface area contributed by atoms with Crippen LogP contribution in [-0.4, -0.2) is 64.3 Å². The smallest absolute Gasteiger partial charge is 0.233 e. The van der Waals surface area contributed by atoms with Crippen molar-refractivity contribution in [1.29, 1.82) is 0 Å². The van der Waals surface area contributed by atoms with Gasteiger partial charge in [0.05, 0.1) is 12.6 Å². The van der Waals surface area contributed by atoms with E-state index in [1.807, 2.05) is 36.7 Å². The zero-order valence-electron chi connectivity index (χ0n) is 18.9. The number of amides is 1. The van der Waals surface area contributed by atoms with Crippen molar-refractivity contribution in [2.45, 2.75) is 45.3 Å². The number of hydrogen-bond donors (Lipinski definition) is 3. The minimum Gasteiger partial charge on any atom is -0.358 e. The Morgan fingerprint density at radius 2 is 1.94 bits per heavy atom. The highest BCUT2D eigenvalue weighted by atomic mass is 16.1. The maximum Gasteiger partial charge on any atom is 0.233 e. The van der Waals surface area contributed by atoms with Crippen molar-refractivity contribution in [1.82, 2.24) is 35.6 Å². The molecule has 168 valence electrons. The standard InChI is InChI=1S/C22H34N8O/c1-16(18-8-6-5-7-9-18)25-22(24-14-20-28-27-17(2)29(20)4)26-19-10-12-30(13-11-19)15-21(31)23-3/h5-9,16,19H,10-15H2,1-4H3,(H,23,31)(H2,24,25,26). The lowest BCUT2D eigenvalue weighted by Gasteiger charge is -2.33. The second-order valence-electron chi connectivity index (χ2n) is 8.03. The van der Waals surface area contributed by atoms with Gasteiger partial charge in [-0.1, -0.05) is 30.3 Å². The average molecular weight is 427 g/mol. The highest BCUT2D eigenvalue weighted by Gasteiger charge is 2.22. The zero-order chi connectivity index (χ0) is 22.2. The molecule has 1 amide bonds. The second kappa shape index (κ2) is 10.9. The molecule has 1 saturated heterocycles. The van der Waals surface area contributed by atoms with Crippen LogP contribution in [0.15, 0.2) is 35.3 Å². The predicted molar refractivity (Wildman–Crippen MR) is 122 cm³/mol. The van der Waals surface area contributed by atoms with Gasteiger partial charge in [-0.2, -0.15) is 0 Å². The predicted octanol–water partition coefficient (Wildman–Crippen LogP) is 1.13. The van der Waals surface area contributed by atoms with Crippen molar-refractivity contribution in [3.63, 3.8) is 0 Å². The summed E-state index contributed by atoms with van der Waals surface area (Å²) in [4.78, 5) is 18.6. The average Bonchev–Trinajstić information content (AvgIpc) is 3.11. The molecular weight excluding hydrogens is 392 g/mol. The number of aliphatic imine (C=N–C) groups is 1. The van der Waals surface area contributed by atoms with Crippen LogP contribution in [-0.2, 0) is 18.4 Å². The molecule has 2 heterocycles. The summed E-state index contributed by atoms with van der Waals surface area (Å²) in [6.45, 7) is 6.74. The van der Waals surface area contributed by atoms with Gasteiger partial charge in [-0.25, -0.2) is 4.99 Å². The molecule has 1 aliphatic heterocycles. The number of carbonyl (C=O) groups excluding carboxylic acids is 1. The van der Waals surface area contributed by atoms with Crippen LogP contribution < -0.4 is 16.0 Å². The number of guanidine groups is 1. The maximum absolute atomic E-state index is 11.6. The number of piperidine rings is 1. The SMILES string of the molecule is CNC(=O)CN1CCC(NC(=NCc2nnc(C)n2C)NC(C)c2ccccc2)CC1. The van der Waals surface area contributed by atoms with E-state index in [0.29, 0.717) is 19.1 Å². The number of carbonyl (C=O) groups is 1. The molecule has 0 radical (unpaired) electrons. The Labute approximate surface area is 184 Å². The van der Waals surface area contributed by atoms with Gasteiger partial charge in [0.15, 0.2) is 11.8 Å². The van der Waals surface area contributed by atoms with Crippen molar-refractivity contribution < 1.29 is 4.79 Å². The number of aromatic nitrogens is 3. The first-order valence-electron chi connectivity index (χ1n) is 10.9. The Morgan fingerprint density at radius 1 is 1.23 bits per heavy atom. The van der Waals surface area contributed by atoms with Crippen LogP contribution in [0.4, 0.5) is 0 Å². The molecule has 9 nitrogen and oxygen atoms in total. The fourth-order valence-corrected chi connectivity index (χ4v) is 3.61. The van der Waals surface area contributed by atoms with E-state index in [2.05, 4.69) is 50.1 Å². The van der Waals surface area contributed by atoms with E-state index in [1.165, 1.54) is 5.56 Å². The number of nitrogens with one attached hydrogen (secondary N) is 3. The molecule has 1 aliphatic rings. The van der Waals surface area contributed by atoms with Crippen molar-refractivity contribution in [2.24, 2.45) is 12.0 Å². The fourth-order valence-electron chi connectivity index (χ4n) is 3.61. The Balaban J connectivity index is 1.65. The number of benzene rings is 1. The van der Waals surface area contributed by atoms with E-state index in [1.54, 1.807) is 7.05 Å². The van der Waals surface area contributed by atoms with Crippen LogP contribution in [0.5, 0.6) is 0 Å². The monoisotopic (exact) mass is 426 g/mol. The minimum atomic E-state index is 0.0611. The second-order valence-corrected chi connectivity index (χ2v) is 8.03. The normalized spacial score (nSPS) is 16.7. The van der Waals surface area contributed by atoms with E-state index in [9.17, 15) is 4.79 Å². The van der Waals surface area contributed by atoms with Gasteiger partial charge in [0.25, 0.3) is 0 Å². The van der Waals surface area contributed by atoms with E-state index in [4.69, 9.17) is 4.99 Å². The molecule has 2 aromatic rings. The van der Waals surface area contributed by atoms with Gasteiger partial charge < -0.3 is 20.5 Å². The first kappa shape index (κ1) is 22.7. The number of likely N-dealkylation sites (tertiary alicyclic amines) is 1. The number of likely N-dealkylation sites (N-methyl/N-ethyl adjacent to an activating group) is 1. The molecule has 1 aromatic heterocycles. The molecule has 0 spiro atoms. The summed E-state index contributed by atoms with van der Waals surface area (Å²) >= 11 is 0. The molecule has 9 heteroatoms. The van der Waals surface area contributed by atoms with Crippen LogP contribution in [0.3, 0.4) is 0 Å². The molecule has 1 unspecified atom stereocenters. The largest absolute Gasteiger partial charge is 0.358 e. The highest BCUT2D eigenvalue weighted by Crippen LogP contribution is 2.13. The molecule has 1 fully saturated rings. The van der Waals surface area contributed by atoms with Crippen molar-refractivity contribution in [3.05, 3.63) is 47.5 Å². The molecule has 0 aliphatic carbocycles. The molecule has 3 N–H and O–H groups in total. The van der Waals surface area contributed by atoms with Crippen molar-refractivity contribution in [2.75, 3.05) is 26.7 Å². The molecule has 3 rings (SSSR count). The van der Waals surface area contributed by atoms with Gasteiger partial charge in [0.2, 0.25) is 5.91 Å². The van der Waals surface area contributed by atoms with E-state index in [0.717, 1.165) is 43.5 Å². The van der Waals surface area contributed by atoms with Gasteiger partial charge in [-0.3, -0.25) is 9.69 Å². The van der Waals surface area contributed by atoms with Gasteiger partial charge in [-0.15, -0.1) is 10.2 Å². The number of aryl methyl sites for hydroxylation is 1. The third-order valence-corrected chi connectivity index (χ3v) is 5.79. The lowest BCUT2D eigenvalue weighted by atomic mass is 10.1. The molecule has 0 saturated carbocycles. The Kier molecular flexibility index (Phi) is 8.00. The molecular formula is C22H34N8O. The summed E-state index contributed by atoms with van der Waals surface area (Å²) in [5.74, 6) is 2.52. The van der Waals surface area contributed by atoms with E-state index < -0.39 is 0 Å². The Bertz CT molecular complexity index is 871. The van der Waals surface area contributed by atoms with Crippen LogP contribution in [0.25, 0.3) is 0 Å². The van der Waals surface area contributed by atoms with E-state index >= 15 is 0 Å². The first-order chi connectivity index (χ1) is 15.0. The number of hydrogen-bond acceptors (Lipinski definition) is 5. The molecule has 1 aromatic carbocycles. The minimum absolute atomic E-state index is 0.0611. The maximum atomic E-state index is 11.6. The van der Waals surface area contributed by atoms with Gasteiger partial charge in [-0.05, 0) is 32.3 Å². The fraction of sp³-hybridized carbons (Fsp3) is 0.545. The summed E-state index contributed by atoms with van der Waals surface area (Å²) in [5.41, 5.74) is 1.20. The Morgan fingerprint density at radius 3 is 2.55 bits per heavy atom. The summed E-state index contributed by atoms with van der Waals surface area (Å²) in [7, 11) is 3.63. The lowest BCUT2D eigenvalue weighted by Crippen LogP contribution is -2.50. The summed E-state index contributed by atoms with van der Waals surface area (Å²) < 4.78 is 1.96. The van der Waals surface area contributed by atoms with Crippen LogP contribution >= 0.6 is 0 Å².